The maximum absolute atomic E-state index is 16.6. The van der Waals surface area contributed by atoms with Crippen molar-refractivity contribution in [3.63, 3.8) is 0 Å². The van der Waals surface area contributed by atoms with Crippen LogP contribution in [0, 0.1) is 5.92 Å². The highest BCUT2D eigenvalue weighted by molar-refractivity contribution is 6.25. The van der Waals surface area contributed by atoms with Crippen LogP contribution in [0.3, 0.4) is 0 Å². The van der Waals surface area contributed by atoms with Gasteiger partial charge in [-0.3, -0.25) is 24.1 Å². The SMILES string of the molecule is CC(=O)N1CCN(c2ccc(NC(=O)[C@H]3[C@@H]4C(=O)O[C@@H](c5ccccc5)[C@@H](c5ccccc5)N4[C@@H](c4ccc(OCCO)cc4)[C@]34C(=O)N(C(=O)NCc3ccccc3)c3ccc(CNC(N)=O)cc34)cc2)CC1. The Morgan fingerprint density at radius 3 is 1.99 bits per heavy atom. The first-order chi connectivity index (χ1) is 36.0. The number of aliphatic hydroxyl groups is 1. The number of nitrogens with one attached hydrogen (secondary N) is 3. The molecule has 6 aromatic carbocycles. The largest absolute Gasteiger partial charge is 0.491 e. The molecule has 4 aliphatic heterocycles. The van der Waals surface area contributed by atoms with Gasteiger partial charge in [0.2, 0.25) is 17.7 Å². The first-order valence-electron chi connectivity index (χ1n) is 24.6. The first-order valence-corrected chi connectivity index (χ1v) is 24.6. The lowest BCUT2D eigenvalue weighted by atomic mass is 9.65. The number of fused-ring (bicyclic) bond motifs is 3. The summed E-state index contributed by atoms with van der Waals surface area (Å²) in [5.41, 5.74) is 8.37. The summed E-state index contributed by atoms with van der Waals surface area (Å²) in [6, 6.07) is 42.2. The second-order valence-corrected chi connectivity index (χ2v) is 18.8. The van der Waals surface area contributed by atoms with Gasteiger partial charge in [0.25, 0.3) is 0 Å². The molecule has 0 aromatic heterocycles. The highest BCUT2D eigenvalue weighted by Crippen LogP contribution is 2.66. The number of carbonyl (C=O) groups excluding carboxylic acids is 6. The molecule has 74 heavy (non-hydrogen) atoms. The molecule has 0 bridgehead atoms. The van der Waals surface area contributed by atoms with Gasteiger partial charge >= 0.3 is 18.0 Å². The molecule has 0 aliphatic carbocycles. The average molecular weight is 997 g/mol. The molecule has 10 rings (SSSR count). The van der Waals surface area contributed by atoms with Gasteiger partial charge in [-0.25, -0.2) is 14.5 Å². The maximum atomic E-state index is 16.6. The number of aliphatic hydroxyl groups excluding tert-OH is 1. The minimum atomic E-state index is -2.08. The van der Waals surface area contributed by atoms with Gasteiger partial charge in [0.1, 0.15) is 29.9 Å². The number of nitrogens with zero attached hydrogens (tertiary/aromatic N) is 4. The van der Waals surface area contributed by atoms with E-state index < -0.39 is 65.4 Å². The summed E-state index contributed by atoms with van der Waals surface area (Å²) in [5.74, 6) is -3.38. The molecule has 4 heterocycles. The van der Waals surface area contributed by atoms with Gasteiger partial charge in [0.15, 0.2) is 0 Å². The predicted octanol–water partition coefficient (Wildman–Crippen LogP) is 6.11. The van der Waals surface area contributed by atoms with E-state index in [1.807, 2.05) is 108 Å². The third-order valence-electron chi connectivity index (χ3n) is 14.5. The van der Waals surface area contributed by atoms with Gasteiger partial charge in [-0.2, -0.15) is 0 Å². The zero-order valence-electron chi connectivity index (χ0n) is 40.6. The number of morpholine rings is 1. The van der Waals surface area contributed by atoms with Gasteiger partial charge in [-0.05, 0) is 75.8 Å². The monoisotopic (exact) mass is 996 g/mol. The van der Waals surface area contributed by atoms with Crippen LogP contribution in [0.5, 0.6) is 5.75 Å². The van der Waals surface area contributed by atoms with E-state index in [9.17, 15) is 19.5 Å². The number of anilines is 3. The second-order valence-electron chi connectivity index (χ2n) is 18.8. The fourth-order valence-corrected chi connectivity index (χ4v) is 11.3. The fourth-order valence-electron chi connectivity index (χ4n) is 11.3. The number of ether oxygens (including phenoxy) is 2. The molecule has 1 spiro atoms. The standard InChI is InChI=1S/C57H56N8O9/c1-36(67)62-27-29-63(30-28-62)43-22-20-42(21-23-43)61-52(68)47-49-53(69)74-50(40-15-9-4-10-16-40)48(39-13-7-3-8-14-39)65(49)51(41-18-24-44(25-19-41)73-32-31-66)57(47)45-33-38(35-59-55(58)71)17-26-46(45)64(54(57)70)56(72)60-34-37-11-5-2-6-12-37/h2-26,33,47-51,66H,27-32,34-35H2,1H3,(H,60,72)(H,61,68)(H3,58,59,71)/t47-,48-,49-,50+,51+,57-/m1/s1. The lowest BCUT2D eigenvalue weighted by Gasteiger charge is -2.46. The maximum Gasteiger partial charge on any atom is 0.329 e. The minimum Gasteiger partial charge on any atom is -0.491 e. The number of primary amides is 1. The van der Waals surface area contributed by atoms with E-state index in [0.717, 1.165) is 21.7 Å². The molecular formula is C57H56N8O9. The number of esters is 1. The van der Waals surface area contributed by atoms with Crippen LogP contribution in [0.2, 0.25) is 0 Å². The van der Waals surface area contributed by atoms with Gasteiger partial charge in [0, 0.05) is 57.6 Å². The van der Waals surface area contributed by atoms with E-state index in [1.165, 1.54) is 0 Å². The zero-order chi connectivity index (χ0) is 51.5. The van der Waals surface area contributed by atoms with Crippen molar-refractivity contribution in [3.8, 4) is 5.75 Å². The number of imide groups is 1. The fraction of sp³-hybridized carbons (Fsp3) is 0.263. The molecule has 17 heteroatoms. The van der Waals surface area contributed by atoms with Crippen molar-refractivity contribution < 1.29 is 43.3 Å². The molecule has 6 N–H and O–H groups in total. The van der Waals surface area contributed by atoms with E-state index in [0.29, 0.717) is 54.3 Å². The van der Waals surface area contributed by atoms with Crippen molar-refractivity contribution in [2.24, 2.45) is 11.7 Å². The minimum absolute atomic E-state index is 0.0162. The Balaban J connectivity index is 1.19. The number of nitrogens with two attached hydrogens (primary N) is 1. The Hall–Kier alpha value is -8.54. The third kappa shape index (κ3) is 9.15. The van der Waals surface area contributed by atoms with Crippen molar-refractivity contribution in [1.82, 2.24) is 20.4 Å². The summed E-state index contributed by atoms with van der Waals surface area (Å²) in [6.07, 6.45) is -0.951. The van der Waals surface area contributed by atoms with Crippen LogP contribution in [-0.4, -0.2) is 96.1 Å². The Kier molecular flexibility index (Phi) is 13.9. The van der Waals surface area contributed by atoms with Gasteiger partial charge in [-0.1, -0.05) is 115 Å². The number of cyclic esters (lactones) is 1. The predicted molar refractivity (Wildman–Crippen MR) is 276 cm³/mol. The van der Waals surface area contributed by atoms with Crippen LogP contribution >= 0.6 is 0 Å². The Bertz CT molecular complexity index is 3050. The highest BCUT2D eigenvalue weighted by Gasteiger charge is 2.75. The third-order valence-corrected chi connectivity index (χ3v) is 14.5. The van der Waals surface area contributed by atoms with E-state index in [2.05, 4.69) is 20.9 Å². The molecule has 3 saturated heterocycles. The van der Waals surface area contributed by atoms with E-state index in [-0.39, 0.29) is 43.5 Å². The summed E-state index contributed by atoms with van der Waals surface area (Å²) < 4.78 is 12.4. The number of urea groups is 2. The average Bonchev–Trinajstić information content (AvgIpc) is 3.88. The normalized spacial score (nSPS) is 22.1. The molecule has 0 unspecified atom stereocenters. The molecule has 0 saturated carbocycles. The Morgan fingerprint density at radius 2 is 1.35 bits per heavy atom. The summed E-state index contributed by atoms with van der Waals surface area (Å²) in [7, 11) is 0. The molecule has 4 aliphatic rings. The van der Waals surface area contributed by atoms with E-state index >= 15 is 14.4 Å². The van der Waals surface area contributed by atoms with Crippen molar-refractivity contribution in [2.45, 2.75) is 49.7 Å². The quantitative estimate of drug-likeness (QED) is 0.0833. The van der Waals surface area contributed by atoms with Crippen molar-refractivity contribution in [3.05, 3.63) is 191 Å². The topological polar surface area (TPSA) is 216 Å². The van der Waals surface area contributed by atoms with Crippen LogP contribution in [0.4, 0.5) is 26.7 Å². The van der Waals surface area contributed by atoms with Crippen LogP contribution in [0.1, 0.15) is 58.5 Å². The lowest BCUT2D eigenvalue weighted by Crippen LogP contribution is -2.55. The van der Waals surface area contributed by atoms with Crippen molar-refractivity contribution in [2.75, 3.05) is 54.5 Å². The summed E-state index contributed by atoms with van der Waals surface area (Å²) in [5, 5.41) is 18.3. The van der Waals surface area contributed by atoms with E-state index in [4.69, 9.17) is 15.2 Å². The Morgan fingerprint density at radius 1 is 0.716 bits per heavy atom. The highest BCUT2D eigenvalue weighted by atomic mass is 16.6. The number of amides is 7. The first kappa shape index (κ1) is 49.1. The molecule has 6 aromatic rings. The second kappa shape index (κ2) is 20.9. The van der Waals surface area contributed by atoms with Crippen molar-refractivity contribution >= 4 is 52.8 Å². The summed E-state index contributed by atoms with van der Waals surface area (Å²) >= 11 is 0. The molecule has 0 radical (unpaired) electrons. The lowest BCUT2D eigenvalue weighted by molar-refractivity contribution is -0.177. The molecule has 17 nitrogen and oxygen atoms in total. The van der Waals surface area contributed by atoms with Crippen LogP contribution in [-0.2, 0) is 42.4 Å². The smallest absolute Gasteiger partial charge is 0.329 e. The van der Waals surface area contributed by atoms with Crippen LogP contribution in [0.25, 0.3) is 0 Å². The van der Waals surface area contributed by atoms with E-state index in [1.54, 1.807) is 66.4 Å². The number of rotatable bonds is 13. The van der Waals surface area contributed by atoms with Gasteiger partial charge in [-0.15, -0.1) is 0 Å². The number of hydrogen-bond acceptors (Lipinski definition) is 11. The van der Waals surface area contributed by atoms with Crippen LogP contribution < -0.4 is 36.2 Å². The zero-order valence-corrected chi connectivity index (χ0v) is 40.6. The molecule has 6 atom stereocenters. The van der Waals surface area contributed by atoms with Gasteiger partial charge in [0.05, 0.1) is 30.3 Å². The number of piperazine rings is 1. The molecular weight excluding hydrogens is 941 g/mol. The summed E-state index contributed by atoms with van der Waals surface area (Å²) in [4.78, 5) is 94.4. The Labute approximate surface area is 427 Å². The van der Waals surface area contributed by atoms with Crippen LogP contribution in [0.15, 0.2) is 158 Å². The molecule has 378 valence electrons. The molecule has 7 amide bonds. The van der Waals surface area contributed by atoms with Gasteiger partial charge < -0.3 is 46.1 Å². The number of benzene rings is 6. The summed E-state index contributed by atoms with van der Waals surface area (Å²) in [6.45, 7) is 3.70. The number of carbonyl (C=O) groups is 6. The van der Waals surface area contributed by atoms with Crippen molar-refractivity contribution in [1.29, 1.82) is 0 Å². The number of hydrogen-bond donors (Lipinski definition) is 5. The molecule has 3 fully saturated rings.